The molecule has 0 spiro atoms. The Balaban J connectivity index is 2.07. The maximum absolute atomic E-state index is 11.3. The van der Waals surface area contributed by atoms with Crippen LogP contribution in [0.25, 0.3) is 11.1 Å². The molecule has 0 aliphatic heterocycles. The summed E-state index contributed by atoms with van der Waals surface area (Å²) in [5.41, 5.74) is 4.83. The molecule has 3 rings (SSSR count). The Bertz CT molecular complexity index is 817. The van der Waals surface area contributed by atoms with Crippen LogP contribution in [0.3, 0.4) is 0 Å². The van der Waals surface area contributed by atoms with Crippen molar-refractivity contribution in [3.63, 3.8) is 0 Å². The molecule has 4 heteroatoms. The highest BCUT2D eigenvalue weighted by Gasteiger charge is 2.14. The van der Waals surface area contributed by atoms with Gasteiger partial charge in [0.2, 0.25) is 0 Å². The van der Waals surface area contributed by atoms with Gasteiger partial charge in [0.05, 0.1) is 11.6 Å². The van der Waals surface area contributed by atoms with Crippen molar-refractivity contribution in [2.75, 3.05) is 6.54 Å². The van der Waals surface area contributed by atoms with E-state index < -0.39 is 5.76 Å². The maximum atomic E-state index is 11.3. The first kappa shape index (κ1) is 13.6. The summed E-state index contributed by atoms with van der Waals surface area (Å²) in [6.45, 7) is 5.02. The van der Waals surface area contributed by atoms with Crippen molar-refractivity contribution in [3.8, 4) is 0 Å². The molecule has 2 N–H and O–H groups in total. The number of hydrogen-bond acceptors (Lipinski definition) is 3. The molecule has 0 saturated carbocycles. The topological polar surface area (TPSA) is 58.0 Å². The van der Waals surface area contributed by atoms with Gasteiger partial charge in [0, 0.05) is 0 Å². The maximum Gasteiger partial charge on any atom is 0.417 e. The van der Waals surface area contributed by atoms with Crippen molar-refractivity contribution in [3.05, 3.63) is 69.7 Å². The van der Waals surface area contributed by atoms with Crippen LogP contribution in [0.1, 0.15) is 29.7 Å². The largest absolute Gasteiger partial charge is 0.417 e. The third-order valence-electron chi connectivity index (χ3n) is 3.56. The molecule has 1 unspecified atom stereocenters. The van der Waals surface area contributed by atoms with E-state index in [9.17, 15) is 4.79 Å². The lowest BCUT2D eigenvalue weighted by atomic mass is 9.97. The zero-order valence-corrected chi connectivity index (χ0v) is 12.1. The van der Waals surface area contributed by atoms with E-state index in [0.29, 0.717) is 5.58 Å². The van der Waals surface area contributed by atoms with Crippen LogP contribution >= 0.6 is 0 Å². The summed E-state index contributed by atoms with van der Waals surface area (Å²) in [7, 11) is 0. The molecule has 1 atom stereocenters. The second-order valence-corrected chi connectivity index (χ2v) is 5.17. The highest BCUT2D eigenvalue weighted by Crippen LogP contribution is 2.25. The molecule has 2 aromatic carbocycles. The minimum atomic E-state index is -0.419. The van der Waals surface area contributed by atoms with Gasteiger partial charge in [-0.05, 0) is 36.7 Å². The normalized spacial score (nSPS) is 12.7. The van der Waals surface area contributed by atoms with Crippen LogP contribution in [0.15, 0.2) is 51.7 Å². The molecular weight excluding hydrogens is 264 g/mol. The third-order valence-corrected chi connectivity index (χ3v) is 3.56. The number of aryl methyl sites for hydroxylation is 1. The molecule has 0 radical (unpaired) electrons. The molecule has 3 aromatic rings. The lowest BCUT2D eigenvalue weighted by Crippen LogP contribution is -2.22. The van der Waals surface area contributed by atoms with Gasteiger partial charge in [-0.1, -0.05) is 42.8 Å². The van der Waals surface area contributed by atoms with Crippen LogP contribution < -0.4 is 11.1 Å². The molecular formula is C17H18N2O2. The van der Waals surface area contributed by atoms with E-state index in [1.54, 1.807) is 0 Å². The van der Waals surface area contributed by atoms with E-state index in [0.717, 1.165) is 17.6 Å². The molecule has 0 bridgehead atoms. The number of H-pyrrole nitrogens is 1. The lowest BCUT2D eigenvalue weighted by Gasteiger charge is -2.19. The minimum absolute atomic E-state index is 0.0829. The number of rotatable bonds is 4. The summed E-state index contributed by atoms with van der Waals surface area (Å²) < 4.78 is 5.16. The van der Waals surface area contributed by atoms with E-state index in [1.165, 1.54) is 11.1 Å². The standard InChI is InChI=1S/C17H18N2O2/c1-3-18-16(12-6-4-5-11(2)9-12)13-7-8-14-15(10-13)21-17(20)19-14/h4-10,16,18H,3H2,1-2H3,(H,19,20). The predicted molar refractivity (Wildman–Crippen MR) is 83.5 cm³/mol. The molecule has 0 amide bonds. The number of aromatic nitrogens is 1. The molecule has 21 heavy (non-hydrogen) atoms. The molecule has 0 saturated heterocycles. The Morgan fingerprint density at radius 1 is 1.19 bits per heavy atom. The molecule has 0 fully saturated rings. The molecule has 0 aliphatic rings. The van der Waals surface area contributed by atoms with Gasteiger partial charge in [-0.25, -0.2) is 4.79 Å². The Morgan fingerprint density at radius 3 is 2.76 bits per heavy atom. The number of hydrogen-bond donors (Lipinski definition) is 2. The zero-order chi connectivity index (χ0) is 14.8. The minimum Gasteiger partial charge on any atom is -0.408 e. The lowest BCUT2D eigenvalue weighted by molar-refractivity contribution is 0.553. The zero-order valence-electron chi connectivity index (χ0n) is 12.1. The molecule has 1 aromatic heterocycles. The summed E-state index contributed by atoms with van der Waals surface area (Å²) in [5.74, 6) is -0.419. The first-order valence-corrected chi connectivity index (χ1v) is 7.10. The first-order chi connectivity index (χ1) is 10.2. The molecule has 0 aliphatic carbocycles. The van der Waals surface area contributed by atoms with Gasteiger partial charge in [0.1, 0.15) is 0 Å². The quantitative estimate of drug-likeness (QED) is 0.773. The average Bonchev–Trinajstić information content (AvgIpc) is 2.83. The average molecular weight is 282 g/mol. The van der Waals surface area contributed by atoms with Gasteiger partial charge >= 0.3 is 5.76 Å². The number of benzene rings is 2. The fourth-order valence-electron chi connectivity index (χ4n) is 2.62. The number of nitrogens with one attached hydrogen (secondary N) is 2. The van der Waals surface area contributed by atoms with E-state index in [-0.39, 0.29) is 6.04 Å². The van der Waals surface area contributed by atoms with Gasteiger partial charge in [0.25, 0.3) is 0 Å². The highest BCUT2D eigenvalue weighted by atomic mass is 16.4. The Labute approximate surface area is 122 Å². The van der Waals surface area contributed by atoms with Crippen molar-refractivity contribution < 1.29 is 4.42 Å². The van der Waals surface area contributed by atoms with E-state index in [2.05, 4.69) is 48.4 Å². The highest BCUT2D eigenvalue weighted by molar-refractivity contribution is 5.73. The Kier molecular flexibility index (Phi) is 3.62. The van der Waals surface area contributed by atoms with Gasteiger partial charge in [-0.3, -0.25) is 4.98 Å². The van der Waals surface area contributed by atoms with E-state index in [1.807, 2.05) is 18.2 Å². The summed E-state index contributed by atoms with van der Waals surface area (Å²) >= 11 is 0. The summed E-state index contributed by atoms with van der Waals surface area (Å²) in [6.07, 6.45) is 0. The molecule has 108 valence electrons. The van der Waals surface area contributed by atoms with Crippen molar-refractivity contribution in [1.82, 2.24) is 10.3 Å². The third kappa shape index (κ3) is 2.76. The van der Waals surface area contributed by atoms with Crippen molar-refractivity contribution >= 4 is 11.1 Å². The SMILES string of the molecule is CCNC(c1cccc(C)c1)c1ccc2[nH]c(=O)oc2c1. The predicted octanol–water partition coefficient (Wildman–Crippen LogP) is 3.13. The fraction of sp³-hybridized carbons (Fsp3) is 0.235. The molecule has 1 heterocycles. The van der Waals surface area contributed by atoms with Crippen LogP contribution in [-0.2, 0) is 0 Å². The van der Waals surface area contributed by atoms with Crippen LogP contribution in [0.2, 0.25) is 0 Å². The monoisotopic (exact) mass is 282 g/mol. The number of aromatic amines is 1. The first-order valence-electron chi connectivity index (χ1n) is 7.10. The number of oxazole rings is 1. The van der Waals surface area contributed by atoms with Crippen molar-refractivity contribution in [2.45, 2.75) is 19.9 Å². The summed E-state index contributed by atoms with van der Waals surface area (Å²) in [4.78, 5) is 13.9. The van der Waals surface area contributed by atoms with Crippen LogP contribution in [0, 0.1) is 6.92 Å². The second-order valence-electron chi connectivity index (χ2n) is 5.17. The fourth-order valence-corrected chi connectivity index (χ4v) is 2.62. The van der Waals surface area contributed by atoms with Gasteiger partial charge in [0.15, 0.2) is 5.58 Å². The Morgan fingerprint density at radius 2 is 2.00 bits per heavy atom. The summed E-state index contributed by atoms with van der Waals surface area (Å²) in [5, 5.41) is 3.48. The van der Waals surface area contributed by atoms with Crippen LogP contribution in [0.4, 0.5) is 0 Å². The summed E-state index contributed by atoms with van der Waals surface area (Å²) in [6, 6.07) is 14.3. The van der Waals surface area contributed by atoms with Gasteiger partial charge in [-0.2, -0.15) is 0 Å². The van der Waals surface area contributed by atoms with E-state index in [4.69, 9.17) is 4.42 Å². The van der Waals surface area contributed by atoms with Crippen molar-refractivity contribution in [1.29, 1.82) is 0 Å². The van der Waals surface area contributed by atoms with Gasteiger partial charge in [-0.15, -0.1) is 0 Å². The van der Waals surface area contributed by atoms with Crippen LogP contribution in [-0.4, -0.2) is 11.5 Å². The van der Waals surface area contributed by atoms with Crippen LogP contribution in [0.5, 0.6) is 0 Å². The second kappa shape index (κ2) is 5.58. The smallest absolute Gasteiger partial charge is 0.408 e. The van der Waals surface area contributed by atoms with Crippen molar-refractivity contribution in [2.24, 2.45) is 0 Å². The number of fused-ring (bicyclic) bond motifs is 1. The molecule has 4 nitrogen and oxygen atoms in total. The van der Waals surface area contributed by atoms with Gasteiger partial charge < -0.3 is 9.73 Å². The van der Waals surface area contributed by atoms with E-state index >= 15 is 0 Å². The Hall–Kier alpha value is -2.33.